The molecule has 1 saturated heterocycles. The van der Waals surface area contributed by atoms with Crippen LogP contribution in [-0.4, -0.2) is 54.6 Å². The van der Waals surface area contributed by atoms with Gasteiger partial charge >= 0.3 is 0 Å². The number of aromatic nitrogens is 2. The van der Waals surface area contributed by atoms with Gasteiger partial charge in [-0.1, -0.05) is 42.0 Å². The van der Waals surface area contributed by atoms with Gasteiger partial charge in [0, 0.05) is 51.1 Å². The molecule has 7 heteroatoms. The van der Waals surface area contributed by atoms with Gasteiger partial charge in [0.2, 0.25) is 11.9 Å². The van der Waals surface area contributed by atoms with E-state index in [1.165, 1.54) is 11.1 Å². The number of hydrogen-bond donors (Lipinski definition) is 1. The van der Waals surface area contributed by atoms with Crippen molar-refractivity contribution < 1.29 is 9.53 Å². The van der Waals surface area contributed by atoms with Crippen LogP contribution in [0.25, 0.3) is 11.1 Å². The summed E-state index contributed by atoms with van der Waals surface area (Å²) in [7, 11) is 3.85. The summed E-state index contributed by atoms with van der Waals surface area (Å²) in [4.78, 5) is 25.1. The van der Waals surface area contributed by atoms with Crippen molar-refractivity contribution in [2.24, 2.45) is 5.73 Å². The van der Waals surface area contributed by atoms with Gasteiger partial charge in [0.15, 0.2) is 0 Å². The number of anilines is 1. The van der Waals surface area contributed by atoms with Crippen LogP contribution in [0.1, 0.15) is 33.3 Å². The van der Waals surface area contributed by atoms with Gasteiger partial charge in [-0.05, 0) is 30.2 Å². The van der Waals surface area contributed by atoms with Crippen LogP contribution in [-0.2, 0) is 11.3 Å². The Balaban J connectivity index is 1.64. The highest BCUT2D eigenvalue weighted by molar-refractivity contribution is 5.93. The van der Waals surface area contributed by atoms with Crippen molar-refractivity contribution in [3.8, 4) is 11.1 Å². The summed E-state index contributed by atoms with van der Waals surface area (Å²) in [6.07, 6.45) is 1.65. The third-order valence-electron chi connectivity index (χ3n) is 5.63. The third kappa shape index (κ3) is 4.95. The molecule has 1 unspecified atom stereocenters. The van der Waals surface area contributed by atoms with E-state index in [1.807, 2.05) is 37.3 Å². The molecule has 2 aromatic carbocycles. The normalized spacial score (nSPS) is 16.7. The number of amides is 1. The van der Waals surface area contributed by atoms with Crippen molar-refractivity contribution in [3.63, 3.8) is 0 Å². The number of benzene rings is 2. The number of nitrogens with zero attached hydrogens (tertiary/aromatic N) is 4. The van der Waals surface area contributed by atoms with Crippen molar-refractivity contribution in [3.05, 3.63) is 77.1 Å². The second-order valence-electron chi connectivity index (χ2n) is 8.39. The molecule has 0 radical (unpaired) electrons. The Morgan fingerprint density at radius 1 is 1.22 bits per heavy atom. The Morgan fingerprint density at radius 3 is 2.69 bits per heavy atom. The van der Waals surface area contributed by atoms with E-state index in [1.54, 1.807) is 12.1 Å². The van der Waals surface area contributed by atoms with E-state index < -0.39 is 5.91 Å². The van der Waals surface area contributed by atoms with Gasteiger partial charge in [0.05, 0.1) is 12.3 Å². The zero-order chi connectivity index (χ0) is 22.7. The number of ether oxygens (including phenoxy) is 1. The summed E-state index contributed by atoms with van der Waals surface area (Å²) in [6.45, 7) is 5.24. The van der Waals surface area contributed by atoms with Gasteiger partial charge in [0.1, 0.15) is 6.10 Å². The monoisotopic (exact) mass is 431 g/mol. The van der Waals surface area contributed by atoms with E-state index >= 15 is 0 Å². The van der Waals surface area contributed by atoms with Crippen LogP contribution in [0, 0.1) is 6.92 Å². The number of hydrogen-bond acceptors (Lipinski definition) is 6. The van der Waals surface area contributed by atoms with Crippen LogP contribution in [0.5, 0.6) is 0 Å². The quantitative estimate of drug-likeness (QED) is 0.645. The smallest absolute Gasteiger partial charge is 0.248 e. The maximum Gasteiger partial charge on any atom is 0.248 e. The fourth-order valence-electron chi connectivity index (χ4n) is 3.96. The molecule has 0 aliphatic carbocycles. The van der Waals surface area contributed by atoms with Gasteiger partial charge < -0.3 is 15.4 Å². The fourth-order valence-corrected chi connectivity index (χ4v) is 3.96. The molecule has 3 aromatic rings. The molecule has 1 aromatic heterocycles. The van der Waals surface area contributed by atoms with Crippen molar-refractivity contribution in [1.82, 2.24) is 14.9 Å². The minimum Gasteiger partial charge on any atom is -0.369 e. The SMILES string of the molecule is Cc1cccc(CN2CCOC(c3nc(N(C)C)ncc3-c3ccc(C(N)=O)cc3)C2)c1. The summed E-state index contributed by atoms with van der Waals surface area (Å²) in [5.74, 6) is 0.190. The van der Waals surface area contributed by atoms with Crippen LogP contribution in [0.15, 0.2) is 54.7 Å². The summed E-state index contributed by atoms with van der Waals surface area (Å²) in [5, 5.41) is 0. The molecule has 2 N–H and O–H groups in total. The molecular formula is C25H29N5O2. The number of nitrogens with two attached hydrogens (primary N) is 1. The molecule has 1 amide bonds. The average Bonchev–Trinajstić information content (AvgIpc) is 2.79. The molecule has 1 aliphatic heterocycles. The predicted molar refractivity (Wildman–Crippen MR) is 125 cm³/mol. The first kappa shape index (κ1) is 21.9. The number of rotatable bonds is 6. The molecule has 1 aliphatic rings. The molecule has 2 heterocycles. The van der Waals surface area contributed by atoms with Gasteiger partial charge in [-0.3, -0.25) is 9.69 Å². The first-order chi connectivity index (χ1) is 15.4. The molecular weight excluding hydrogens is 402 g/mol. The lowest BCUT2D eigenvalue weighted by atomic mass is 10.00. The third-order valence-corrected chi connectivity index (χ3v) is 5.63. The minimum atomic E-state index is -0.446. The summed E-state index contributed by atoms with van der Waals surface area (Å²) >= 11 is 0. The van der Waals surface area contributed by atoms with E-state index in [2.05, 4.69) is 41.1 Å². The zero-order valence-electron chi connectivity index (χ0n) is 18.8. The highest BCUT2D eigenvalue weighted by Gasteiger charge is 2.27. The van der Waals surface area contributed by atoms with Crippen molar-refractivity contribution >= 4 is 11.9 Å². The molecule has 7 nitrogen and oxygen atoms in total. The highest BCUT2D eigenvalue weighted by atomic mass is 16.5. The van der Waals surface area contributed by atoms with Gasteiger partial charge in [-0.25, -0.2) is 9.97 Å². The second kappa shape index (κ2) is 9.46. The van der Waals surface area contributed by atoms with Gasteiger partial charge in [-0.15, -0.1) is 0 Å². The van der Waals surface area contributed by atoms with Crippen molar-refractivity contribution in [1.29, 1.82) is 0 Å². The lowest BCUT2D eigenvalue weighted by Crippen LogP contribution is -2.38. The van der Waals surface area contributed by atoms with Gasteiger partial charge in [-0.2, -0.15) is 0 Å². The van der Waals surface area contributed by atoms with E-state index in [-0.39, 0.29) is 6.10 Å². The van der Waals surface area contributed by atoms with Crippen LogP contribution in [0.2, 0.25) is 0 Å². The Bertz CT molecular complexity index is 1100. The Hall–Kier alpha value is -3.29. The van der Waals surface area contributed by atoms with Crippen LogP contribution in [0.3, 0.4) is 0 Å². The van der Waals surface area contributed by atoms with E-state index in [0.717, 1.165) is 36.5 Å². The lowest BCUT2D eigenvalue weighted by Gasteiger charge is -2.33. The topological polar surface area (TPSA) is 84.6 Å². The molecule has 0 saturated carbocycles. The zero-order valence-corrected chi connectivity index (χ0v) is 18.8. The maximum atomic E-state index is 11.5. The van der Waals surface area contributed by atoms with Crippen LogP contribution < -0.4 is 10.6 Å². The molecule has 1 fully saturated rings. The highest BCUT2D eigenvalue weighted by Crippen LogP contribution is 2.32. The largest absolute Gasteiger partial charge is 0.369 e. The van der Waals surface area contributed by atoms with E-state index in [0.29, 0.717) is 18.1 Å². The minimum absolute atomic E-state index is 0.180. The number of morpholine rings is 1. The van der Waals surface area contributed by atoms with Crippen LogP contribution in [0.4, 0.5) is 5.95 Å². The summed E-state index contributed by atoms with van der Waals surface area (Å²) in [6, 6.07) is 15.8. The number of primary amides is 1. The number of carbonyl (C=O) groups is 1. The Morgan fingerprint density at radius 2 is 2.00 bits per heavy atom. The first-order valence-electron chi connectivity index (χ1n) is 10.7. The second-order valence-corrected chi connectivity index (χ2v) is 8.39. The molecule has 166 valence electrons. The summed E-state index contributed by atoms with van der Waals surface area (Å²) < 4.78 is 6.19. The fraction of sp³-hybridized carbons (Fsp3) is 0.320. The van der Waals surface area contributed by atoms with Crippen LogP contribution >= 0.6 is 0 Å². The standard InChI is InChI=1S/C25H29N5O2/c1-17-5-4-6-18(13-17)15-30-11-12-32-22(16-30)23-21(14-27-25(28-23)29(2)3)19-7-9-20(10-8-19)24(26)31/h4-10,13-14,22H,11-12,15-16H2,1-3H3,(H2,26,31). The van der Waals surface area contributed by atoms with Crippen molar-refractivity contribution in [2.45, 2.75) is 19.6 Å². The Kier molecular flexibility index (Phi) is 6.48. The Labute approximate surface area is 188 Å². The molecule has 0 bridgehead atoms. The molecule has 4 rings (SSSR count). The first-order valence-corrected chi connectivity index (χ1v) is 10.7. The summed E-state index contributed by atoms with van der Waals surface area (Å²) in [5.41, 5.74) is 11.1. The predicted octanol–water partition coefficient (Wildman–Crippen LogP) is 3.19. The number of aryl methyl sites for hydroxylation is 1. The molecule has 32 heavy (non-hydrogen) atoms. The van der Waals surface area contributed by atoms with E-state index in [4.69, 9.17) is 15.5 Å². The lowest BCUT2D eigenvalue weighted by molar-refractivity contribution is -0.0347. The molecule has 0 spiro atoms. The van der Waals surface area contributed by atoms with Gasteiger partial charge in [0.25, 0.3) is 0 Å². The maximum absolute atomic E-state index is 11.5. The number of carbonyl (C=O) groups excluding carboxylic acids is 1. The molecule has 1 atom stereocenters. The van der Waals surface area contributed by atoms with E-state index in [9.17, 15) is 4.79 Å². The van der Waals surface area contributed by atoms with Crippen molar-refractivity contribution in [2.75, 3.05) is 38.7 Å². The average molecular weight is 432 g/mol.